The summed E-state index contributed by atoms with van der Waals surface area (Å²) in [7, 11) is 0. The highest BCUT2D eigenvalue weighted by atomic mass is 32.1. The molecule has 0 radical (unpaired) electrons. The van der Waals surface area contributed by atoms with Gasteiger partial charge in [-0.25, -0.2) is 0 Å². The predicted molar refractivity (Wildman–Crippen MR) is 61.6 cm³/mol. The van der Waals surface area contributed by atoms with Crippen LogP contribution in [0.1, 0.15) is 40.2 Å². The highest BCUT2D eigenvalue weighted by Gasteiger charge is 2.17. The lowest BCUT2D eigenvalue weighted by molar-refractivity contribution is 0.0862. The Balaban J connectivity index is 1.81. The Morgan fingerprint density at radius 3 is 3.07 bits per heavy atom. The van der Waals surface area contributed by atoms with Crippen LogP contribution < -0.4 is 0 Å². The van der Waals surface area contributed by atoms with Gasteiger partial charge in [0.15, 0.2) is 5.78 Å². The van der Waals surface area contributed by atoms with Crippen LogP contribution >= 0.6 is 11.3 Å². The van der Waals surface area contributed by atoms with E-state index >= 15 is 0 Å². The number of carbonyl (C=O) groups is 1. The molecule has 1 aromatic rings. The van der Waals surface area contributed by atoms with Gasteiger partial charge in [0.1, 0.15) is 0 Å². The summed E-state index contributed by atoms with van der Waals surface area (Å²) < 4.78 is 5.50. The second-order valence-electron chi connectivity index (χ2n) is 4.01. The molecule has 2 heterocycles. The van der Waals surface area contributed by atoms with Gasteiger partial charge in [0.05, 0.1) is 11.0 Å². The van der Waals surface area contributed by atoms with Crippen LogP contribution in [0.3, 0.4) is 0 Å². The van der Waals surface area contributed by atoms with Crippen molar-refractivity contribution in [3.05, 3.63) is 21.9 Å². The number of ketones is 1. The maximum atomic E-state index is 11.8. The van der Waals surface area contributed by atoms with Crippen molar-refractivity contribution >= 4 is 17.1 Å². The van der Waals surface area contributed by atoms with Crippen LogP contribution in [0.15, 0.2) is 12.1 Å². The third kappa shape index (κ3) is 2.89. The summed E-state index contributed by atoms with van der Waals surface area (Å²) >= 11 is 1.59. The summed E-state index contributed by atoms with van der Waals surface area (Å²) in [6.45, 7) is 2.90. The molecule has 1 fully saturated rings. The van der Waals surface area contributed by atoms with E-state index in [0.29, 0.717) is 12.5 Å². The molecule has 1 aromatic heterocycles. The van der Waals surface area contributed by atoms with Gasteiger partial charge in [0.2, 0.25) is 0 Å². The molecule has 0 N–H and O–H groups in total. The summed E-state index contributed by atoms with van der Waals surface area (Å²) in [5, 5.41) is 0. The Morgan fingerprint density at radius 1 is 1.60 bits per heavy atom. The quantitative estimate of drug-likeness (QED) is 0.734. The lowest BCUT2D eigenvalue weighted by Gasteiger charge is -2.06. The van der Waals surface area contributed by atoms with Crippen molar-refractivity contribution in [2.45, 2.75) is 38.7 Å². The van der Waals surface area contributed by atoms with Crippen LogP contribution in [0, 0.1) is 6.92 Å². The van der Waals surface area contributed by atoms with Crippen molar-refractivity contribution in [1.29, 1.82) is 0 Å². The monoisotopic (exact) mass is 224 g/mol. The molecule has 0 amide bonds. The Hall–Kier alpha value is -0.670. The predicted octanol–water partition coefficient (Wildman–Crippen LogP) is 3.20. The number of ether oxygens (including phenoxy) is 1. The van der Waals surface area contributed by atoms with Crippen LogP contribution in [0.4, 0.5) is 0 Å². The minimum atomic E-state index is 0.267. The molecule has 1 aliphatic rings. The minimum Gasteiger partial charge on any atom is -0.378 e. The normalized spacial score (nSPS) is 20.7. The maximum absolute atomic E-state index is 11.8. The molecule has 2 rings (SSSR count). The van der Waals surface area contributed by atoms with Crippen molar-refractivity contribution < 1.29 is 9.53 Å². The fourth-order valence-electron chi connectivity index (χ4n) is 1.87. The number of rotatable bonds is 4. The van der Waals surface area contributed by atoms with E-state index in [4.69, 9.17) is 4.74 Å². The smallest absolute Gasteiger partial charge is 0.172 e. The van der Waals surface area contributed by atoms with Crippen LogP contribution in [0.2, 0.25) is 0 Å². The zero-order valence-corrected chi connectivity index (χ0v) is 9.81. The van der Waals surface area contributed by atoms with E-state index in [1.165, 1.54) is 4.88 Å². The Kier molecular flexibility index (Phi) is 3.54. The van der Waals surface area contributed by atoms with Crippen LogP contribution in [0.5, 0.6) is 0 Å². The summed E-state index contributed by atoms with van der Waals surface area (Å²) in [6, 6.07) is 3.93. The number of Topliss-reactive ketones (excluding diaryl/α,β-unsaturated/α-hetero) is 1. The first-order chi connectivity index (χ1) is 7.25. The lowest BCUT2D eigenvalue weighted by atomic mass is 10.1. The molecule has 0 spiro atoms. The molecule has 0 aromatic carbocycles. The van der Waals surface area contributed by atoms with Crippen molar-refractivity contribution in [3.8, 4) is 0 Å². The van der Waals surface area contributed by atoms with Gasteiger partial charge in [-0.2, -0.15) is 0 Å². The van der Waals surface area contributed by atoms with E-state index in [9.17, 15) is 4.79 Å². The second-order valence-corrected chi connectivity index (χ2v) is 5.30. The molecule has 0 bridgehead atoms. The van der Waals surface area contributed by atoms with Crippen LogP contribution in [0.25, 0.3) is 0 Å². The molecule has 0 saturated carbocycles. The highest BCUT2D eigenvalue weighted by molar-refractivity contribution is 7.14. The van der Waals surface area contributed by atoms with E-state index in [1.807, 2.05) is 19.1 Å². The zero-order chi connectivity index (χ0) is 10.7. The first-order valence-corrected chi connectivity index (χ1v) is 6.28. The molecule has 1 aliphatic heterocycles. The Morgan fingerprint density at radius 2 is 2.47 bits per heavy atom. The maximum Gasteiger partial charge on any atom is 0.172 e. The van der Waals surface area contributed by atoms with Crippen LogP contribution in [-0.2, 0) is 4.74 Å². The highest BCUT2D eigenvalue weighted by Crippen LogP contribution is 2.21. The first kappa shape index (κ1) is 10.8. The number of hydrogen-bond donors (Lipinski definition) is 0. The number of thiophene rings is 1. The molecule has 1 unspecified atom stereocenters. The van der Waals surface area contributed by atoms with Gasteiger partial charge in [-0.3, -0.25) is 4.79 Å². The molecule has 0 aliphatic carbocycles. The second kappa shape index (κ2) is 4.90. The summed E-state index contributed by atoms with van der Waals surface area (Å²) in [5.74, 6) is 0.267. The first-order valence-electron chi connectivity index (χ1n) is 5.47. The van der Waals surface area contributed by atoms with Gasteiger partial charge in [0, 0.05) is 17.9 Å². The lowest BCUT2D eigenvalue weighted by Crippen LogP contribution is -2.07. The van der Waals surface area contributed by atoms with Crippen molar-refractivity contribution in [2.75, 3.05) is 6.61 Å². The van der Waals surface area contributed by atoms with E-state index in [2.05, 4.69) is 0 Å². The van der Waals surface area contributed by atoms with E-state index in [0.717, 1.165) is 30.7 Å². The number of aryl methyl sites for hydroxylation is 1. The average Bonchev–Trinajstić information content (AvgIpc) is 2.84. The largest absolute Gasteiger partial charge is 0.378 e. The SMILES string of the molecule is Cc1ccc(C(=O)CCC2CCCO2)s1. The molecular weight excluding hydrogens is 208 g/mol. The molecular formula is C12H16O2S. The molecule has 15 heavy (non-hydrogen) atoms. The van der Waals surface area contributed by atoms with E-state index in [1.54, 1.807) is 11.3 Å². The molecule has 2 nitrogen and oxygen atoms in total. The van der Waals surface area contributed by atoms with E-state index in [-0.39, 0.29) is 5.78 Å². The summed E-state index contributed by atoms with van der Waals surface area (Å²) in [5.41, 5.74) is 0. The minimum absolute atomic E-state index is 0.267. The standard InChI is InChI=1S/C12H16O2S/c1-9-4-7-12(15-9)11(13)6-5-10-3-2-8-14-10/h4,7,10H,2-3,5-6,8H2,1H3. The Bertz CT molecular complexity index is 337. The molecule has 1 saturated heterocycles. The van der Waals surface area contributed by atoms with Gasteiger partial charge in [-0.05, 0) is 38.3 Å². The molecule has 82 valence electrons. The third-order valence-electron chi connectivity index (χ3n) is 2.73. The number of hydrogen-bond acceptors (Lipinski definition) is 3. The van der Waals surface area contributed by atoms with E-state index < -0.39 is 0 Å². The average molecular weight is 224 g/mol. The van der Waals surface area contributed by atoms with Gasteiger partial charge in [0.25, 0.3) is 0 Å². The fourth-order valence-corrected chi connectivity index (χ4v) is 2.71. The van der Waals surface area contributed by atoms with Gasteiger partial charge in [-0.15, -0.1) is 11.3 Å². The number of carbonyl (C=O) groups excluding carboxylic acids is 1. The topological polar surface area (TPSA) is 26.3 Å². The van der Waals surface area contributed by atoms with Crippen molar-refractivity contribution in [3.63, 3.8) is 0 Å². The van der Waals surface area contributed by atoms with Gasteiger partial charge >= 0.3 is 0 Å². The van der Waals surface area contributed by atoms with Gasteiger partial charge in [-0.1, -0.05) is 0 Å². The summed E-state index contributed by atoms with van der Waals surface area (Å²) in [6.07, 6.45) is 4.11. The van der Waals surface area contributed by atoms with Crippen molar-refractivity contribution in [1.82, 2.24) is 0 Å². The third-order valence-corrected chi connectivity index (χ3v) is 3.77. The molecule has 1 atom stereocenters. The fraction of sp³-hybridized carbons (Fsp3) is 0.583. The van der Waals surface area contributed by atoms with Gasteiger partial charge < -0.3 is 4.74 Å². The van der Waals surface area contributed by atoms with Crippen molar-refractivity contribution in [2.24, 2.45) is 0 Å². The summed E-state index contributed by atoms with van der Waals surface area (Å²) in [4.78, 5) is 13.9. The Labute approximate surface area is 94.3 Å². The zero-order valence-electron chi connectivity index (χ0n) is 8.99. The van der Waals surface area contributed by atoms with Crippen LogP contribution in [-0.4, -0.2) is 18.5 Å². The molecule has 3 heteroatoms.